The second kappa shape index (κ2) is 6.78. The van der Waals surface area contributed by atoms with Crippen molar-refractivity contribution in [1.82, 2.24) is 0 Å². The van der Waals surface area contributed by atoms with Crippen molar-refractivity contribution in [3.8, 4) is 5.75 Å². The molecule has 7 rings (SSSR count). The molecule has 0 spiro atoms. The standard InChI is InChI=1S/C27H21NO5/c1-15(29)33-27-18-11-5-3-9-16(18)22(17-10-4-6-12-19(17)27)23-24(27)26(31)28(25(23)30)20-13-7-8-14-21(20)32-2/h3-14,22-24H,1-2H3/t22?,23-,24-,27?/m0/s1. The second-order valence-corrected chi connectivity index (χ2v) is 8.67. The number of methoxy groups -OCH3 is 1. The summed E-state index contributed by atoms with van der Waals surface area (Å²) in [5, 5.41) is 0. The van der Waals surface area contributed by atoms with E-state index < -0.39 is 23.4 Å². The number of carbonyl (C=O) groups is 3. The molecule has 2 atom stereocenters. The number of para-hydroxylation sites is 2. The van der Waals surface area contributed by atoms with Crippen LogP contribution in [0.4, 0.5) is 5.69 Å². The van der Waals surface area contributed by atoms with Crippen molar-refractivity contribution >= 4 is 23.5 Å². The zero-order valence-electron chi connectivity index (χ0n) is 18.1. The van der Waals surface area contributed by atoms with Gasteiger partial charge in [0.15, 0.2) is 5.60 Å². The van der Waals surface area contributed by atoms with E-state index in [4.69, 9.17) is 9.47 Å². The molecule has 164 valence electrons. The maximum atomic E-state index is 14.1. The summed E-state index contributed by atoms with van der Waals surface area (Å²) in [6.45, 7) is 1.34. The van der Waals surface area contributed by atoms with Gasteiger partial charge in [0.2, 0.25) is 11.8 Å². The number of imide groups is 1. The van der Waals surface area contributed by atoms with Gasteiger partial charge in [-0.2, -0.15) is 0 Å². The molecule has 0 saturated carbocycles. The highest BCUT2D eigenvalue weighted by molar-refractivity contribution is 6.24. The van der Waals surface area contributed by atoms with Crippen LogP contribution in [0, 0.1) is 11.8 Å². The molecule has 33 heavy (non-hydrogen) atoms. The number of esters is 1. The van der Waals surface area contributed by atoms with E-state index in [1.54, 1.807) is 24.3 Å². The number of carbonyl (C=O) groups excluding carboxylic acids is 3. The average molecular weight is 439 g/mol. The van der Waals surface area contributed by atoms with Crippen LogP contribution in [0.25, 0.3) is 0 Å². The molecule has 1 aliphatic heterocycles. The fourth-order valence-electron chi connectivity index (χ4n) is 6.15. The number of rotatable bonds is 3. The number of anilines is 1. The number of benzene rings is 3. The molecule has 6 nitrogen and oxygen atoms in total. The highest BCUT2D eigenvalue weighted by Gasteiger charge is 2.70. The van der Waals surface area contributed by atoms with E-state index in [0.717, 1.165) is 22.3 Å². The summed E-state index contributed by atoms with van der Waals surface area (Å²) in [5.74, 6) is -2.63. The first-order valence-corrected chi connectivity index (χ1v) is 10.9. The van der Waals surface area contributed by atoms with Crippen molar-refractivity contribution in [1.29, 1.82) is 0 Å². The Kier molecular flexibility index (Phi) is 4.06. The molecule has 0 unspecified atom stereocenters. The van der Waals surface area contributed by atoms with E-state index in [1.807, 2.05) is 48.5 Å². The lowest BCUT2D eigenvalue weighted by Crippen LogP contribution is -2.55. The van der Waals surface area contributed by atoms with E-state index in [2.05, 4.69) is 0 Å². The predicted octanol–water partition coefficient (Wildman–Crippen LogP) is 3.77. The van der Waals surface area contributed by atoms with E-state index in [-0.39, 0.29) is 17.7 Å². The zero-order valence-corrected chi connectivity index (χ0v) is 18.1. The molecular weight excluding hydrogens is 418 g/mol. The van der Waals surface area contributed by atoms with Crippen LogP contribution in [0.2, 0.25) is 0 Å². The Morgan fingerprint density at radius 3 is 2.03 bits per heavy atom. The van der Waals surface area contributed by atoms with E-state index in [0.29, 0.717) is 11.4 Å². The minimum absolute atomic E-state index is 0.306. The van der Waals surface area contributed by atoms with Crippen LogP contribution in [0.15, 0.2) is 72.8 Å². The largest absolute Gasteiger partial charge is 0.495 e. The van der Waals surface area contributed by atoms with Gasteiger partial charge in [0.25, 0.3) is 0 Å². The molecule has 4 aliphatic rings. The first kappa shape index (κ1) is 19.7. The Morgan fingerprint density at radius 1 is 0.848 bits per heavy atom. The third kappa shape index (κ3) is 2.35. The first-order valence-electron chi connectivity index (χ1n) is 10.9. The van der Waals surface area contributed by atoms with Gasteiger partial charge in [-0.25, -0.2) is 4.90 Å². The van der Waals surface area contributed by atoms with Gasteiger partial charge in [-0.1, -0.05) is 60.7 Å². The molecule has 6 heteroatoms. The van der Waals surface area contributed by atoms with Gasteiger partial charge in [0.05, 0.1) is 24.6 Å². The monoisotopic (exact) mass is 439 g/mol. The summed E-state index contributed by atoms with van der Waals surface area (Å²) >= 11 is 0. The lowest BCUT2D eigenvalue weighted by Gasteiger charge is -2.52. The van der Waals surface area contributed by atoms with Crippen molar-refractivity contribution in [3.63, 3.8) is 0 Å². The molecule has 1 heterocycles. The smallest absolute Gasteiger partial charge is 0.303 e. The summed E-state index contributed by atoms with van der Waals surface area (Å²) in [6.07, 6.45) is 0. The van der Waals surface area contributed by atoms with Crippen LogP contribution < -0.4 is 9.64 Å². The molecule has 0 aromatic heterocycles. The van der Waals surface area contributed by atoms with Gasteiger partial charge in [-0.05, 0) is 23.3 Å². The zero-order chi connectivity index (χ0) is 22.9. The van der Waals surface area contributed by atoms with Crippen molar-refractivity contribution in [2.75, 3.05) is 12.0 Å². The first-order chi connectivity index (χ1) is 16.0. The normalized spacial score (nSPS) is 26.5. The van der Waals surface area contributed by atoms with Crippen molar-refractivity contribution in [3.05, 3.63) is 95.1 Å². The fourth-order valence-corrected chi connectivity index (χ4v) is 6.15. The fraction of sp³-hybridized carbons (Fsp3) is 0.222. The van der Waals surface area contributed by atoms with Crippen LogP contribution in [-0.4, -0.2) is 24.9 Å². The van der Waals surface area contributed by atoms with Crippen LogP contribution in [0.1, 0.15) is 35.1 Å². The molecule has 2 amide bonds. The third-order valence-electron chi connectivity index (χ3n) is 7.17. The predicted molar refractivity (Wildman–Crippen MR) is 120 cm³/mol. The van der Waals surface area contributed by atoms with Crippen LogP contribution in [0.5, 0.6) is 5.75 Å². The molecule has 1 fully saturated rings. The molecule has 3 aromatic rings. The highest BCUT2D eigenvalue weighted by atomic mass is 16.6. The number of nitrogens with zero attached hydrogens (tertiary/aromatic N) is 1. The summed E-state index contributed by atoms with van der Waals surface area (Å²) in [6, 6.07) is 22.3. The minimum Gasteiger partial charge on any atom is -0.495 e. The maximum absolute atomic E-state index is 14.1. The molecule has 3 aromatic carbocycles. The molecular formula is C27H21NO5. The average Bonchev–Trinajstić information content (AvgIpc) is 3.10. The van der Waals surface area contributed by atoms with Crippen molar-refractivity contribution < 1.29 is 23.9 Å². The lowest BCUT2D eigenvalue weighted by molar-refractivity contribution is -0.167. The quantitative estimate of drug-likeness (QED) is 0.459. The van der Waals surface area contributed by atoms with E-state index in [9.17, 15) is 14.4 Å². The Bertz CT molecular complexity index is 1300. The van der Waals surface area contributed by atoms with Crippen LogP contribution in [0.3, 0.4) is 0 Å². The molecule has 1 saturated heterocycles. The Hall–Kier alpha value is -3.93. The molecule has 0 radical (unpaired) electrons. The number of hydrogen-bond donors (Lipinski definition) is 0. The minimum atomic E-state index is -1.37. The number of ether oxygens (including phenoxy) is 2. The Balaban J connectivity index is 1.66. The van der Waals surface area contributed by atoms with Gasteiger partial charge >= 0.3 is 5.97 Å². The molecule has 2 bridgehead atoms. The lowest BCUT2D eigenvalue weighted by atomic mass is 9.52. The highest BCUT2D eigenvalue weighted by Crippen LogP contribution is 2.64. The Morgan fingerprint density at radius 2 is 1.42 bits per heavy atom. The van der Waals surface area contributed by atoms with Gasteiger partial charge in [-0.15, -0.1) is 0 Å². The van der Waals surface area contributed by atoms with Crippen molar-refractivity contribution in [2.45, 2.75) is 18.4 Å². The third-order valence-corrected chi connectivity index (χ3v) is 7.17. The SMILES string of the molecule is COc1ccccc1N1C(=O)[C@@H]2[C@@H](C1=O)C1c3ccccc3C2(OC(C)=O)c2ccccc21. The maximum Gasteiger partial charge on any atom is 0.303 e. The molecule has 3 aliphatic carbocycles. The van der Waals surface area contributed by atoms with Gasteiger partial charge in [-0.3, -0.25) is 14.4 Å². The van der Waals surface area contributed by atoms with E-state index >= 15 is 0 Å². The molecule has 0 N–H and O–H groups in total. The number of hydrogen-bond acceptors (Lipinski definition) is 5. The van der Waals surface area contributed by atoms with E-state index in [1.165, 1.54) is 18.9 Å². The van der Waals surface area contributed by atoms with Gasteiger partial charge in [0.1, 0.15) is 5.75 Å². The summed E-state index contributed by atoms with van der Waals surface area (Å²) in [7, 11) is 1.51. The summed E-state index contributed by atoms with van der Waals surface area (Å²) in [5.41, 5.74) is 2.40. The van der Waals surface area contributed by atoms with Gasteiger partial charge in [0, 0.05) is 24.0 Å². The Labute approximate surface area is 190 Å². The topological polar surface area (TPSA) is 72.9 Å². The van der Waals surface area contributed by atoms with Crippen molar-refractivity contribution in [2.24, 2.45) is 11.8 Å². The van der Waals surface area contributed by atoms with Crippen LogP contribution in [-0.2, 0) is 24.7 Å². The summed E-state index contributed by atoms with van der Waals surface area (Å²) < 4.78 is 11.6. The number of amides is 2. The van der Waals surface area contributed by atoms with Crippen LogP contribution >= 0.6 is 0 Å². The second-order valence-electron chi connectivity index (χ2n) is 8.67. The summed E-state index contributed by atoms with van der Waals surface area (Å²) in [4.78, 5) is 41.7. The van der Waals surface area contributed by atoms with Gasteiger partial charge < -0.3 is 9.47 Å².